The fourth-order valence-electron chi connectivity index (χ4n) is 1.95. The highest BCUT2D eigenvalue weighted by molar-refractivity contribution is 5.76. The van der Waals surface area contributed by atoms with Crippen LogP contribution in [-0.4, -0.2) is 30.4 Å². The molecule has 0 atom stereocenters. The minimum absolute atomic E-state index is 0.227. The molecule has 1 amide bonds. The third-order valence-electron chi connectivity index (χ3n) is 3.05. The summed E-state index contributed by atoms with van der Waals surface area (Å²) in [6.45, 7) is 6.86. The van der Waals surface area contributed by atoms with Crippen LogP contribution in [-0.2, 0) is 4.79 Å². The Labute approximate surface area is 86.6 Å². The number of likely N-dealkylation sites (tertiary alicyclic amines) is 1. The molecule has 1 saturated heterocycles. The highest BCUT2D eigenvalue weighted by Gasteiger charge is 2.24. The van der Waals surface area contributed by atoms with Crippen LogP contribution in [0, 0.1) is 5.41 Å². The monoisotopic (exact) mass is 198 g/mol. The topological polar surface area (TPSA) is 46.3 Å². The number of hydrogen-bond acceptors (Lipinski definition) is 2. The van der Waals surface area contributed by atoms with Gasteiger partial charge < -0.3 is 10.6 Å². The molecule has 3 nitrogen and oxygen atoms in total. The minimum Gasteiger partial charge on any atom is -0.343 e. The highest BCUT2D eigenvalue weighted by atomic mass is 16.2. The number of carbonyl (C=O) groups is 1. The second-order valence-electron chi connectivity index (χ2n) is 4.94. The summed E-state index contributed by atoms with van der Waals surface area (Å²) < 4.78 is 0. The van der Waals surface area contributed by atoms with Gasteiger partial charge in [-0.2, -0.15) is 0 Å². The first kappa shape index (κ1) is 11.5. The van der Waals surface area contributed by atoms with Gasteiger partial charge in [-0.15, -0.1) is 0 Å². The summed E-state index contributed by atoms with van der Waals surface area (Å²) in [7, 11) is 0. The van der Waals surface area contributed by atoms with Crippen LogP contribution in [0.15, 0.2) is 0 Å². The van der Waals surface area contributed by atoms with E-state index in [1.165, 1.54) is 6.42 Å². The number of rotatable bonds is 2. The Balaban J connectivity index is 2.45. The molecule has 0 aromatic rings. The lowest BCUT2D eigenvalue weighted by Crippen LogP contribution is -2.33. The van der Waals surface area contributed by atoms with E-state index in [4.69, 9.17) is 5.73 Å². The van der Waals surface area contributed by atoms with Crippen molar-refractivity contribution in [2.24, 2.45) is 11.1 Å². The number of carbonyl (C=O) groups excluding carboxylic acids is 1. The third kappa shape index (κ3) is 3.29. The first-order chi connectivity index (χ1) is 6.55. The molecule has 0 saturated carbocycles. The van der Waals surface area contributed by atoms with E-state index >= 15 is 0 Å². The van der Waals surface area contributed by atoms with Gasteiger partial charge in [0.1, 0.15) is 0 Å². The van der Waals surface area contributed by atoms with E-state index in [-0.39, 0.29) is 5.91 Å². The molecule has 0 radical (unpaired) electrons. The molecule has 14 heavy (non-hydrogen) atoms. The maximum absolute atomic E-state index is 11.6. The Kier molecular flexibility index (Phi) is 3.93. The first-order valence-corrected chi connectivity index (χ1v) is 5.53. The van der Waals surface area contributed by atoms with Gasteiger partial charge >= 0.3 is 0 Å². The number of nitrogens with zero attached hydrogens (tertiary/aromatic N) is 1. The quantitative estimate of drug-likeness (QED) is 0.728. The molecular formula is C11H22N2O. The van der Waals surface area contributed by atoms with Gasteiger partial charge in [0.05, 0.1) is 0 Å². The molecule has 0 aromatic heterocycles. The van der Waals surface area contributed by atoms with Crippen LogP contribution in [0.25, 0.3) is 0 Å². The summed E-state index contributed by atoms with van der Waals surface area (Å²) in [5.41, 5.74) is 5.78. The van der Waals surface area contributed by atoms with Crippen LogP contribution < -0.4 is 5.73 Å². The third-order valence-corrected chi connectivity index (χ3v) is 3.05. The summed E-state index contributed by atoms with van der Waals surface area (Å²) in [6, 6.07) is 0. The largest absolute Gasteiger partial charge is 0.343 e. The normalized spacial score (nSPS) is 21.8. The van der Waals surface area contributed by atoms with Crippen molar-refractivity contribution in [1.29, 1.82) is 0 Å². The van der Waals surface area contributed by atoms with Crippen LogP contribution in [0.1, 0.15) is 39.5 Å². The predicted molar refractivity (Wildman–Crippen MR) is 57.9 cm³/mol. The van der Waals surface area contributed by atoms with E-state index in [0.717, 1.165) is 25.9 Å². The summed E-state index contributed by atoms with van der Waals surface area (Å²) in [4.78, 5) is 13.6. The maximum atomic E-state index is 11.6. The smallest absolute Gasteiger partial charge is 0.223 e. The molecule has 82 valence electrons. The molecule has 1 aliphatic rings. The minimum atomic E-state index is 0.227. The molecule has 1 fully saturated rings. The molecule has 1 heterocycles. The molecule has 0 spiro atoms. The van der Waals surface area contributed by atoms with Crippen molar-refractivity contribution in [1.82, 2.24) is 4.90 Å². The SMILES string of the molecule is CC1(C)CCCN(C(=O)CCN)CC1. The van der Waals surface area contributed by atoms with Crippen molar-refractivity contribution in [3.05, 3.63) is 0 Å². The first-order valence-electron chi connectivity index (χ1n) is 5.53. The van der Waals surface area contributed by atoms with Crippen molar-refractivity contribution in [3.8, 4) is 0 Å². The number of nitrogens with two attached hydrogens (primary N) is 1. The molecule has 0 bridgehead atoms. The van der Waals surface area contributed by atoms with Gasteiger partial charge in [-0.05, 0) is 24.7 Å². The van der Waals surface area contributed by atoms with E-state index in [0.29, 0.717) is 18.4 Å². The average molecular weight is 198 g/mol. The zero-order chi connectivity index (χ0) is 10.6. The van der Waals surface area contributed by atoms with Crippen molar-refractivity contribution in [2.45, 2.75) is 39.5 Å². The second kappa shape index (κ2) is 4.78. The van der Waals surface area contributed by atoms with E-state index in [1.807, 2.05) is 4.90 Å². The zero-order valence-electron chi connectivity index (χ0n) is 9.38. The second-order valence-corrected chi connectivity index (χ2v) is 4.94. The van der Waals surface area contributed by atoms with Gasteiger partial charge in [0, 0.05) is 26.1 Å². The van der Waals surface area contributed by atoms with Gasteiger partial charge in [0.25, 0.3) is 0 Å². The van der Waals surface area contributed by atoms with E-state index in [2.05, 4.69) is 13.8 Å². The van der Waals surface area contributed by atoms with Crippen LogP contribution >= 0.6 is 0 Å². The lowest BCUT2D eigenvalue weighted by atomic mass is 9.85. The lowest BCUT2D eigenvalue weighted by Gasteiger charge is -2.23. The van der Waals surface area contributed by atoms with E-state index in [9.17, 15) is 4.79 Å². The summed E-state index contributed by atoms with van der Waals surface area (Å²) in [5, 5.41) is 0. The molecular weight excluding hydrogens is 176 g/mol. The van der Waals surface area contributed by atoms with E-state index < -0.39 is 0 Å². The molecule has 0 aliphatic carbocycles. The van der Waals surface area contributed by atoms with Crippen molar-refractivity contribution in [2.75, 3.05) is 19.6 Å². The Morgan fingerprint density at radius 2 is 2.07 bits per heavy atom. The van der Waals surface area contributed by atoms with Gasteiger partial charge in [-0.25, -0.2) is 0 Å². The highest BCUT2D eigenvalue weighted by Crippen LogP contribution is 2.29. The zero-order valence-corrected chi connectivity index (χ0v) is 9.38. The molecule has 0 unspecified atom stereocenters. The van der Waals surface area contributed by atoms with Crippen LogP contribution in [0.2, 0.25) is 0 Å². The Morgan fingerprint density at radius 3 is 2.71 bits per heavy atom. The lowest BCUT2D eigenvalue weighted by molar-refractivity contribution is -0.130. The number of hydrogen-bond donors (Lipinski definition) is 1. The predicted octanol–water partition coefficient (Wildman–Crippen LogP) is 1.37. The van der Waals surface area contributed by atoms with Crippen molar-refractivity contribution >= 4 is 5.91 Å². The van der Waals surface area contributed by atoms with Gasteiger partial charge in [0.15, 0.2) is 0 Å². The molecule has 3 heteroatoms. The summed E-state index contributed by atoms with van der Waals surface area (Å²) in [6.07, 6.45) is 3.96. The average Bonchev–Trinajstić information content (AvgIpc) is 2.27. The summed E-state index contributed by atoms with van der Waals surface area (Å²) >= 11 is 0. The maximum Gasteiger partial charge on any atom is 0.223 e. The summed E-state index contributed by atoms with van der Waals surface area (Å²) in [5.74, 6) is 0.227. The van der Waals surface area contributed by atoms with Gasteiger partial charge in [-0.3, -0.25) is 4.79 Å². The van der Waals surface area contributed by atoms with Crippen molar-refractivity contribution < 1.29 is 4.79 Å². The molecule has 1 aliphatic heterocycles. The Hall–Kier alpha value is -0.570. The van der Waals surface area contributed by atoms with Crippen molar-refractivity contribution in [3.63, 3.8) is 0 Å². The Morgan fingerprint density at radius 1 is 1.36 bits per heavy atom. The van der Waals surface area contributed by atoms with Crippen LogP contribution in [0.4, 0.5) is 0 Å². The standard InChI is InChI=1S/C11H22N2O/c1-11(2)5-3-8-13(9-6-11)10(14)4-7-12/h3-9,12H2,1-2H3. The van der Waals surface area contributed by atoms with Crippen LogP contribution in [0.5, 0.6) is 0 Å². The number of amides is 1. The van der Waals surface area contributed by atoms with Crippen LogP contribution in [0.3, 0.4) is 0 Å². The van der Waals surface area contributed by atoms with E-state index in [1.54, 1.807) is 0 Å². The fourth-order valence-corrected chi connectivity index (χ4v) is 1.95. The Bertz CT molecular complexity index is 201. The molecule has 1 rings (SSSR count). The molecule has 2 N–H and O–H groups in total. The fraction of sp³-hybridized carbons (Fsp3) is 0.909. The molecule has 0 aromatic carbocycles. The van der Waals surface area contributed by atoms with Gasteiger partial charge in [0.2, 0.25) is 5.91 Å². The van der Waals surface area contributed by atoms with Gasteiger partial charge in [-0.1, -0.05) is 13.8 Å².